The fourth-order valence-electron chi connectivity index (χ4n) is 2.08. The van der Waals surface area contributed by atoms with E-state index in [1.165, 1.54) is 6.07 Å². The molecule has 1 aromatic heterocycles. The van der Waals surface area contributed by atoms with Crippen molar-refractivity contribution < 1.29 is 13.6 Å². The number of thioether (sulfide) groups is 1. The van der Waals surface area contributed by atoms with Crippen LogP contribution in [0.25, 0.3) is 11.4 Å². The first-order valence-corrected chi connectivity index (χ1v) is 8.32. The van der Waals surface area contributed by atoms with E-state index < -0.39 is 28.5 Å². The fourth-order valence-corrected chi connectivity index (χ4v) is 2.80. The molecule has 25 heavy (non-hydrogen) atoms. The molecule has 1 atom stereocenters. The van der Waals surface area contributed by atoms with Crippen molar-refractivity contribution in [3.05, 3.63) is 60.2 Å². The SMILES string of the molecule is C[C@H](Sc1n[nH]c(-c2ccccc2)n1)C(=O)Nc1c(F)cccc1F. The van der Waals surface area contributed by atoms with E-state index in [2.05, 4.69) is 20.5 Å². The van der Waals surface area contributed by atoms with Crippen LogP contribution < -0.4 is 5.32 Å². The van der Waals surface area contributed by atoms with E-state index in [0.717, 1.165) is 29.5 Å². The van der Waals surface area contributed by atoms with Gasteiger partial charge in [0.1, 0.15) is 17.3 Å². The highest BCUT2D eigenvalue weighted by Crippen LogP contribution is 2.24. The minimum Gasteiger partial charge on any atom is -0.320 e. The Morgan fingerprint density at radius 3 is 2.48 bits per heavy atom. The number of carbonyl (C=O) groups excluding carboxylic acids is 1. The molecular weight excluding hydrogens is 346 g/mol. The number of halogens is 2. The molecule has 1 heterocycles. The molecule has 1 amide bonds. The zero-order valence-corrected chi connectivity index (χ0v) is 14.0. The zero-order valence-electron chi connectivity index (χ0n) is 13.2. The molecule has 0 saturated heterocycles. The van der Waals surface area contributed by atoms with Crippen LogP contribution in [0.2, 0.25) is 0 Å². The summed E-state index contributed by atoms with van der Waals surface area (Å²) in [4.78, 5) is 16.5. The third-order valence-electron chi connectivity index (χ3n) is 3.37. The summed E-state index contributed by atoms with van der Waals surface area (Å²) in [6.45, 7) is 1.61. The molecule has 0 saturated carbocycles. The van der Waals surface area contributed by atoms with Crippen LogP contribution >= 0.6 is 11.8 Å². The van der Waals surface area contributed by atoms with Crippen molar-refractivity contribution in [1.82, 2.24) is 15.2 Å². The minimum atomic E-state index is -0.824. The van der Waals surface area contributed by atoms with Gasteiger partial charge in [0.2, 0.25) is 11.1 Å². The predicted molar refractivity (Wildman–Crippen MR) is 92.1 cm³/mol. The van der Waals surface area contributed by atoms with E-state index in [-0.39, 0.29) is 0 Å². The van der Waals surface area contributed by atoms with Gasteiger partial charge in [0.15, 0.2) is 5.82 Å². The summed E-state index contributed by atoms with van der Waals surface area (Å²) in [5.74, 6) is -1.61. The van der Waals surface area contributed by atoms with E-state index >= 15 is 0 Å². The Hall–Kier alpha value is -2.74. The van der Waals surface area contributed by atoms with E-state index in [1.54, 1.807) is 6.92 Å². The van der Waals surface area contributed by atoms with Crippen molar-refractivity contribution in [3.8, 4) is 11.4 Å². The third kappa shape index (κ3) is 4.03. The smallest absolute Gasteiger partial charge is 0.237 e. The second kappa shape index (κ2) is 7.43. The molecule has 0 aliphatic carbocycles. The lowest BCUT2D eigenvalue weighted by Gasteiger charge is -2.11. The maximum Gasteiger partial charge on any atom is 0.237 e. The van der Waals surface area contributed by atoms with Crippen LogP contribution in [0.3, 0.4) is 0 Å². The van der Waals surface area contributed by atoms with Gasteiger partial charge in [-0.05, 0) is 19.1 Å². The van der Waals surface area contributed by atoms with Crippen LogP contribution in [0.15, 0.2) is 53.7 Å². The molecule has 0 aliphatic heterocycles. The number of hydrogen-bond acceptors (Lipinski definition) is 4. The number of amides is 1. The van der Waals surface area contributed by atoms with Crippen molar-refractivity contribution in [2.24, 2.45) is 0 Å². The van der Waals surface area contributed by atoms with Gasteiger partial charge in [-0.15, -0.1) is 5.10 Å². The second-order valence-electron chi connectivity index (χ2n) is 5.18. The van der Waals surface area contributed by atoms with Gasteiger partial charge in [0, 0.05) is 5.56 Å². The zero-order chi connectivity index (χ0) is 17.8. The highest BCUT2D eigenvalue weighted by Gasteiger charge is 2.20. The van der Waals surface area contributed by atoms with Gasteiger partial charge in [-0.3, -0.25) is 9.89 Å². The maximum atomic E-state index is 13.6. The molecule has 0 spiro atoms. The number of aromatic nitrogens is 3. The van der Waals surface area contributed by atoms with E-state index in [4.69, 9.17) is 0 Å². The summed E-state index contributed by atoms with van der Waals surface area (Å²) in [5, 5.41) is 8.85. The Bertz CT molecular complexity index is 865. The molecule has 0 aliphatic rings. The summed E-state index contributed by atoms with van der Waals surface area (Å²) in [6.07, 6.45) is 0. The first-order valence-electron chi connectivity index (χ1n) is 7.44. The number of hydrogen-bond donors (Lipinski definition) is 2. The summed E-state index contributed by atoms with van der Waals surface area (Å²) < 4.78 is 27.2. The van der Waals surface area contributed by atoms with Crippen molar-refractivity contribution in [2.45, 2.75) is 17.3 Å². The number of aromatic amines is 1. The quantitative estimate of drug-likeness (QED) is 0.678. The van der Waals surface area contributed by atoms with Crippen molar-refractivity contribution in [3.63, 3.8) is 0 Å². The normalized spacial score (nSPS) is 12.0. The molecule has 0 radical (unpaired) electrons. The molecule has 8 heteroatoms. The minimum absolute atomic E-state index is 0.371. The Balaban J connectivity index is 1.67. The van der Waals surface area contributed by atoms with Crippen molar-refractivity contribution in [1.29, 1.82) is 0 Å². The Morgan fingerprint density at radius 2 is 1.80 bits per heavy atom. The van der Waals surface area contributed by atoms with Gasteiger partial charge >= 0.3 is 0 Å². The Labute approximate surface area is 146 Å². The lowest BCUT2D eigenvalue weighted by Crippen LogP contribution is -2.23. The highest BCUT2D eigenvalue weighted by atomic mass is 32.2. The van der Waals surface area contributed by atoms with Crippen molar-refractivity contribution >= 4 is 23.4 Å². The van der Waals surface area contributed by atoms with Crippen LogP contribution in [0.5, 0.6) is 0 Å². The molecule has 5 nitrogen and oxygen atoms in total. The molecule has 0 fully saturated rings. The number of para-hydroxylation sites is 1. The Morgan fingerprint density at radius 1 is 1.12 bits per heavy atom. The molecule has 128 valence electrons. The third-order valence-corrected chi connectivity index (χ3v) is 4.34. The number of rotatable bonds is 5. The molecule has 2 N–H and O–H groups in total. The molecule has 0 unspecified atom stereocenters. The number of nitrogens with one attached hydrogen (secondary N) is 2. The summed E-state index contributed by atoms with van der Waals surface area (Å²) in [5.41, 5.74) is 0.410. The average Bonchev–Trinajstić information content (AvgIpc) is 3.07. The van der Waals surface area contributed by atoms with Crippen LogP contribution in [-0.4, -0.2) is 26.3 Å². The van der Waals surface area contributed by atoms with Crippen molar-refractivity contribution in [2.75, 3.05) is 5.32 Å². The number of nitrogens with zero attached hydrogens (tertiary/aromatic N) is 2. The summed E-state index contributed by atoms with van der Waals surface area (Å²) in [7, 11) is 0. The fraction of sp³-hybridized carbons (Fsp3) is 0.118. The molecular formula is C17H14F2N4OS. The van der Waals surface area contributed by atoms with Gasteiger partial charge in [-0.2, -0.15) is 0 Å². The summed E-state index contributed by atoms with van der Waals surface area (Å²) >= 11 is 1.09. The number of H-pyrrole nitrogens is 1. The molecule has 0 bridgehead atoms. The first kappa shape index (κ1) is 17.1. The highest BCUT2D eigenvalue weighted by molar-refractivity contribution is 8.00. The van der Waals surface area contributed by atoms with Crippen LogP contribution in [0, 0.1) is 11.6 Å². The van der Waals surface area contributed by atoms with Gasteiger partial charge < -0.3 is 5.32 Å². The van der Waals surface area contributed by atoms with E-state index in [0.29, 0.717) is 11.0 Å². The van der Waals surface area contributed by atoms with E-state index in [9.17, 15) is 13.6 Å². The second-order valence-corrected chi connectivity index (χ2v) is 6.49. The topological polar surface area (TPSA) is 70.7 Å². The average molecular weight is 360 g/mol. The Kier molecular flexibility index (Phi) is 5.08. The maximum absolute atomic E-state index is 13.6. The molecule has 3 rings (SSSR count). The standard InChI is InChI=1S/C17H14F2N4OS/c1-10(16(24)20-14-12(18)8-5-9-13(14)19)25-17-21-15(22-23-17)11-6-3-2-4-7-11/h2-10H,1H3,(H,20,24)(H,21,22,23)/t10-/m0/s1. The van der Waals surface area contributed by atoms with Crippen LogP contribution in [-0.2, 0) is 4.79 Å². The lowest BCUT2D eigenvalue weighted by atomic mass is 10.2. The van der Waals surface area contributed by atoms with Gasteiger partial charge in [-0.1, -0.05) is 48.2 Å². The van der Waals surface area contributed by atoms with Gasteiger partial charge in [0.25, 0.3) is 0 Å². The van der Waals surface area contributed by atoms with Crippen LogP contribution in [0.4, 0.5) is 14.5 Å². The van der Waals surface area contributed by atoms with E-state index in [1.807, 2.05) is 30.3 Å². The number of benzene rings is 2. The molecule has 2 aromatic carbocycles. The van der Waals surface area contributed by atoms with Crippen LogP contribution in [0.1, 0.15) is 6.92 Å². The lowest BCUT2D eigenvalue weighted by molar-refractivity contribution is -0.115. The number of anilines is 1. The number of carbonyl (C=O) groups is 1. The summed E-state index contributed by atoms with van der Waals surface area (Å²) in [6, 6.07) is 12.8. The largest absolute Gasteiger partial charge is 0.320 e. The monoisotopic (exact) mass is 360 g/mol. The van der Waals surface area contributed by atoms with Gasteiger partial charge in [0.05, 0.1) is 5.25 Å². The first-order chi connectivity index (χ1) is 12.0. The van der Waals surface area contributed by atoms with Gasteiger partial charge in [-0.25, -0.2) is 13.8 Å². The molecule has 3 aromatic rings. The predicted octanol–water partition coefficient (Wildman–Crippen LogP) is 3.87.